The van der Waals surface area contributed by atoms with Crippen molar-refractivity contribution in [1.29, 1.82) is 0 Å². The summed E-state index contributed by atoms with van der Waals surface area (Å²) in [6, 6.07) is 16.6. The molecule has 134 valence electrons. The van der Waals surface area contributed by atoms with Crippen LogP contribution in [0.25, 0.3) is 0 Å². The van der Waals surface area contributed by atoms with Crippen molar-refractivity contribution in [2.75, 3.05) is 37.5 Å². The lowest BCUT2D eigenvalue weighted by Gasteiger charge is -2.12. The topological polar surface area (TPSA) is 78.9 Å². The van der Waals surface area contributed by atoms with Gasteiger partial charge < -0.3 is 20.1 Å². The number of hydrogen-bond acceptors (Lipinski definition) is 5. The third kappa shape index (κ3) is 7.87. The van der Waals surface area contributed by atoms with Crippen LogP contribution in [0.4, 0.5) is 11.4 Å². The van der Waals surface area contributed by atoms with E-state index in [0.29, 0.717) is 12.2 Å². The Morgan fingerprint density at radius 3 is 2.12 bits per heavy atom. The molecule has 2 rings (SSSR count). The molecule has 2 aromatic carbocycles. The van der Waals surface area contributed by atoms with Crippen LogP contribution in [0.3, 0.4) is 0 Å². The monoisotopic (exact) mass is 344 g/mol. The molecular weight excluding hydrogens is 320 g/mol. The minimum absolute atomic E-state index is 0.0377. The van der Waals surface area contributed by atoms with E-state index in [2.05, 4.69) is 5.32 Å². The number of nitrogens with one attached hydrogen (secondary N) is 1. The summed E-state index contributed by atoms with van der Waals surface area (Å²) in [6.07, 6.45) is 0. The molecule has 6 heteroatoms. The average molecular weight is 344 g/mol. The summed E-state index contributed by atoms with van der Waals surface area (Å²) in [5, 5.41) is 11.1. The highest BCUT2D eigenvalue weighted by atomic mass is 16.5. The molecule has 0 unspecified atom stereocenters. The second-order valence-corrected chi connectivity index (χ2v) is 5.28. The van der Waals surface area contributed by atoms with Gasteiger partial charge in [-0.05, 0) is 43.3 Å². The van der Waals surface area contributed by atoms with Crippen LogP contribution in [0.1, 0.15) is 17.3 Å². The third-order valence-electron chi connectivity index (χ3n) is 3.11. The van der Waals surface area contributed by atoms with Gasteiger partial charge in [0.25, 0.3) is 0 Å². The molecule has 6 nitrogen and oxygen atoms in total. The van der Waals surface area contributed by atoms with Gasteiger partial charge in [0.2, 0.25) is 0 Å². The Balaban J connectivity index is 0.000000257. The number of carboxylic acids is 1. The van der Waals surface area contributed by atoms with E-state index in [-0.39, 0.29) is 12.5 Å². The predicted molar refractivity (Wildman–Crippen MR) is 99.3 cm³/mol. The lowest BCUT2D eigenvalue weighted by Crippen LogP contribution is -2.11. The van der Waals surface area contributed by atoms with Gasteiger partial charge in [0, 0.05) is 25.5 Å². The van der Waals surface area contributed by atoms with E-state index >= 15 is 0 Å². The Labute approximate surface area is 148 Å². The average Bonchev–Trinajstić information content (AvgIpc) is 2.61. The molecule has 0 atom stereocenters. The van der Waals surface area contributed by atoms with E-state index in [9.17, 15) is 9.59 Å². The molecule has 0 aromatic heterocycles. The normalized spacial score (nSPS) is 9.40. The van der Waals surface area contributed by atoms with Gasteiger partial charge in [-0.2, -0.15) is 0 Å². The smallest absolute Gasteiger partial charge is 0.338 e. The molecule has 0 saturated heterocycles. The summed E-state index contributed by atoms with van der Waals surface area (Å²) in [5.74, 6) is -1.12. The minimum Gasteiger partial charge on any atom is -0.480 e. The van der Waals surface area contributed by atoms with Crippen molar-refractivity contribution >= 4 is 23.3 Å². The Kier molecular flexibility index (Phi) is 8.57. The minimum atomic E-state index is -0.853. The molecule has 0 radical (unpaired) electrons. The highest BCUT2D eigenvalue weighted by Gasteiger charge is 2.05. The summed E-state index contributed by atoms with van der Waals surface area (Å²) < 4.78 is 4.88. The maximum Gasteiger partial charge on any atom is 0.338 e. The van der Waals surface area contributed by atoms with Gasteiger partial charge in [0.1, 0.15) is 6.54 Å². The molecule has 0 aliphatic heterocycles. The van der Waals surface area contributed by atoms with Crippen molar-refractivity contribution in [2.45, 2.75) is 6.92 Å². The molecule has 0 saturated carbocycles. The first-order chi connectivity index (χ1) is 11.9. The highest BCUT2D eigenvalue weighted by molar-refractivity contribution is 5.89. The van der Waals surface area contributed by atoms with Crippen LogP contribution in [0.2, 0.25) is 0 Å². The van der Waals surface area contributed by atoms with E-state index in [1.54, 1.807) is 19.1 Å². The number of carbonyl (C=O) groups is 2. The van der Waals surface area contributed by atoms with E-state index in [4.69, 9.17) is 9.84 Å². The Bertz CT molecular complexity index is 655. The van der Waals surface area contributed by atoms with Crippen molar-refractivity contribution in [1.82, 2.24) is 0 Å². The van der Waals surface area contributed by atoms with E-state index in [0.717, 1.165) is 11.4 Å². The van der Waals surface area contributed by atoms with Crippen LogP contribution in [0.5, 0.6) is 0 Å². The zero-order valence-electron chi connectivity index (χ0n) is 14.7. The number of carbonyl (C=O) groups excluding carboxylic acids is 1. The van der Waals surface area contributed by atoms with Crippen LogP contribution >= 0.6 is 0 Å². The highest BCUT2D eigenvalue weighted by Crippen LogP contribution is 2.12. The molecule has 0 fully saturated rings. The number of rotatable bonds is 6. The number of para-hydroxylation sites is 1. The lowest BCUT2D eigenvalue weighted by atomic mass is 10.2. The van der Waals surface area contributed by atoms with Gasteiger partial charge in [-0.3, -0.25) is 4.79 Å². The van der Waals surface area contributed by atoms with Crippen LogP contribution in [-0.4, -0.2) is 44.3 Å². The molecule has 25 heavy (non-hydrogen) atoms. The first-order valence-electron chi connectivity index (χ1n) is 7.89. The fourth-order valence-corrected chi connectivity index (χ4v) is 1.84. The molecular formula is C19H24N2O4. The predicted octanol–water partition coefficient (Wildman–Crippen LogP) is 3.11. The van der Waals surface area contributed by atoms with Crippen LogP contribution in [0.15, 0.2) is 54.6 Å². The van der Waals surface area contributed by atoms with Crippen molar-refractivity contribution < 1.29 is 19.4 Å². The lowest BCUT2D eigenvalue weighted by molar-refractivity contribution is -0.134. The maximum absolute atomic E-state index is 11.3. The molecule has 0 bridgehead atoms. The Morgan fingerprint density at radius 2 is 1.64 bits per heavy atom. The van der Waals surface area contributed by atoms with Gasteiger partial charge in [0.15, 0.2) is 0 Å². The largest absolute Gasteiger partial charge is 0.480 e. The third-order valence-corrected chi connectivity index (χ3v) is 3.11. The molecule has 2 N–H and O–H groups in total. The summed E-state index contributed by atoms with van der Waals surface area (Å²) in [5.41, 5.74) is 2.49. The zero-order valence-corrected chi connectivity index (χ0v) is 14.7. The van der Waals surface area contributed by atoms with Crippen LogP contribution in [0, 0.1) is 0 Å². The molecule has 0 amide bonds. The molecule has 0 aliphatic rings. The Hall–Kier alpha value is -3.02. The van der Waals surface area contributed by atoms with Gasteiger partial charge in [-0.15, -0.1) is 0 Å². The van der Waals surface area contributed by atoms with Crippen LogP contribution < -0.4 is 10.2 Å². The van der Waals surface area contributed by atoms with Gasteiger partial charge in [0.05, 0.1) is 12.2 Å². The molecule has 2 aromatic rings. The summed E-state index contributed by atoms with van der Waals surface area (Å²) in [7, 11) is 3.92. The summed E-state index contributed by atoms with van der Waals surface area (Å²) >= 11 is 0. The first kappa shape index (κ1) is 20.0. The fourth-order valence-electron chi connectivity index (χ4n) is 1.84. The van der Waals surface area contributed by atoms with Crippen LogP contribution in [-0.2, 0) is 9.53 Å². The zero-order chi connectivity index (χ0) is 18.7. The number of aliphatic carboxylic acids is 1. The SMILES string of the molecule is CCOC(=O)c1ccc(N(C)C)cc1.O=C(O)CNc1ccccc1. The number of carboxylic acid groups (broad SMARTS) is 1. The van der Waals surface area contributed by atoms with Crippen molar-refractivity contribution in [3.05, 3.63) is 60.2 Å². The van der Waals surface area contributed by atoms with Crippen molar-refractivity contribution in [3.8, 4) is 0 Å². The van der Waals surface area contributed by atoms with E-state index < -0.39 is 5.97 Å². The van der Waals surface area contributed by atoms with E-state index in [1.807, 2.05) is 61.5 Å². The summed E-state index contributed by atoms with van der Waals surface area (Å²) in [4.78, 5) is 23.4. The molecule has 0 heterocycles. The maximum atomic E-state index is 11.3. The number of ether oxygens (including phenoxy) is 1. The van der Waals surface area contributed by atoms with Gasteiger partial charge in [-0.25, -0.2) is 4.79 Å². The second kappa shape index (κ2) is 10.7. The molecule has 0 aliphatic carbocycles. The first-order valence-corrected chi connectivity index (χ1v) is 7.89. The number of anilines is 2. The molecule has 0 spiro atoms. The Morgan fingerprint density at radius 1 is 1.04 bits per heavy atom. The quantitative estimate of drug-likeness (QED) is 0.784. The number of esters is 1. The number of nitrogens with zero attached hydrogens (tertiary/aromatic N) is 1. The number of hydrogen-bond donors (Lipinski definition) is 2. The van der Waals surface area contributed by atoms with Crippen molar-refractivity contribution in [2.24, 2.45) is 0 Å². The van der Waals surface area contributed by atoms with E-state index in [1.165, 1.54) is 0 Å². The van der Waals surface area contributed by atoms with Gasteiger partial charge >= 0.3 is 11.9 Å². The summed E-state index contributed by atoms with van der Waals surface area (Å²) in [6.45, 7) is 2.17. The number of benzene rings is 2. The van der Waals surface area contributed by atoms with Crippen molar-refractivity contribution in [3.63, 3.8) is 0 Å². The second-order valence-electron chi connectivity index (χ2n) is 5.28. The standard InChI is InChI=1S/C11H15NO2.C8H9NO2/c1-4-14-11(13)9-5-7-10(8-6-9)12(2)3;10-8(11)6-9-7-4-2-1-3-5-7/h5-8H,4H2,1-3H3;1-5,9H,6H2,(H,10,11). The van der Waals surface area contributed by atoms with Gasteiger partial charge in [-0.1, -0.05) is 18.2 Å². The fraction of sp³-hybridized carbons (Fsp3) is 0.263.